The molecule has 1 aromatic rings. The predicted molar refractivity (Wildman–Crippen MR) is 76.3 cm³/mol. The van der Waals surface area contributed by atoms with Crippen molar-refractivity contribution >= 4 is 0 Å². The number of nitrogens with one attached hydrogen (secondary N) is 1. The minimum Gasteiger partial charge on any atom is -0.313 e. The minimum atomic E-state index is 0.622. The van der Waals surface area contributed by atoms with Gasteiger partial charge in [0.25, 0.3) is 0 Å². The molecule has 1 aromatic carbocycles. The van der Waals surface area contributed by atoms with Gasteiger partial charge in [0.1, 0.15) is 0 Å². The first-order valence-electron chi connectivity index (χ1n) is 7.05. The molecule has 0 saturated carbocycles. The number of benzene rings is 1. The first-order chi connectivity index (χ1) is 8.27. The Hall–Kier alpha value is -0.820. The average Bonchev–Trinajstić information content (AvgIpc) is 2.36. The monoisotopic (exact) mass is 233 g/mol. The fourth-order valence-electron chi connectivity index (χ4n) is 2.33. The Kier molecular flexibility index (Phi) is 6.95. The van der Waals surface area contributed by atoms with E-state index in [4.69, 9.17) is 0 Å². The smallest absolute Gasteiger partial charge is 0.0133 e. The van der Waals surface area contributed by atoms with Crippen LogP contribution in [0.3, 0.4) is 0 Å². The fourth-order valence-corrected chi connectivity index (χ4v) is 2.33. The summed E-state index contributed by atoms with van der Waals surface area (Å²) in [7, 11) is 0. The van der Waals surface area contributed by atoms with Gasteiger partial charge in [-0.2, -0.15) is 0 Å². The van der Waals surface area contributed by atoms with Crippen LogP contribution in [-0.2, 0) is 6.42 Å². The van der Waals surface area contributed by atoms with Crippen LogP contribution in [0, 0.1) is 5.92 Å². The van der Waals surface area contributed by atoms with Gasteiger partial charge in [0, 0.05) is 6.04 Å². The molecule has 0 amide bonds. The highest BCUT2D eigenvalue weighted by molar-refractivity contribution is 5.16. The van der Waals surface area contributed by atoms with E-state index in [1.807, 2.05) is 0 Å². The molecule has 0 aliphatic rings. The molecule has 0 fully saturated rings. The van der Waals surface area contributed by atoms with Gasteiger partial charge in [0.2, 0.25) is 0 Å². The van der Waals surface area contributed by atoms with E-state index in [-0.39, 0.29) is 0 Å². The molecule has 1 nitrogen and oxygen atoms in total. The molecule has 0 heterocycles. The molecule has 0 saturated heterocycles. The van der Waals surface area contributed by atoms with Crippen molar-refractivity contribution in [1.29, 1.82) is 0 Å². The fraction of sp³-hybridized carbons (Fsp3) is 0.625. The molecule has 0 aliphatic heterocycles. The first kappa shape index (κ1) is 14.2. The van der Waals surface area contributed by atoms with Crippen molar-refractivity contribution in [1.82, 2.24) is 5.32 Å². The molecule has 0 radical (unpaired) electrons. The van der Waals surface area contributed by atoms with E-state index in [2.05, 4.69) is 56.4 Å². The SMILES string of the molecule is CCCNC(Cc1ccccc1)C(C)CCC. The standard InChI is InChI=1S/C16H27N/c1-4-9-14(3)16(17-12-5-2)13-15-10-7-6-8-11-15/h6-8,10-11,14,16-17H,4-5,9,12-13H2,1-3H3. The van der Waals surface area contributed by atoms with E-state index in [9.17, 15) is 0 Å². The van der Waals surface area contributed by atoms with E-state index in [1.54, 1.807) is 0 Å². The number of hydrogen-bond acceptors (Lipinski definition) is 1. The lowest BCUT2D eigenvalue weighted by molar-refractivity contribution is 0.352. The van der Waals surface area contributed by atoms with Crippen molar-refractivity contribution in [3.63, 3.8) is 0 Å². The zero-order chi connectivity index (χ0) is 12.5. The van der Waals surface area contributed by atoms with Gasteiger partial charge < -0.3 is 5.32 Å². The highest BCUT2D eigenvalue weighted by Gasteiger charge is 2.15. The molecule has 0 spiro atoms. The summed E-state index contributed by atoms with van der Waals surface area (Å²) >= 11 is 0. The largest absolute Gasteiger partial charge is 0.313 e. The molecule has 1 rings (SSSR count). The molecular formula is C16H27N. The summed E-state index contributed by atoms with van der Waals surface area (Å²) in [6.07, 6.45) is 4.96. The third-order valence-electron chi connectivity index (χ3n) is 3.39. The lowest BCUT2D eigenvalue weighted by atomic mass is 9.91. The van der Waals surface area contributed by atoms with Gasteiger partial charge >= 0.3 is 0 Å². The van der Waals surface area contributed by atoms with E-state index in [1.165, 1.54) is 24.8 Å². The van der Waals surface area contributed by atoms with Gasteiger partial charge in [-0.05, 0) is 37.3 Å². The summed E-state index contributed by atoms with van der Waals surface area (Å²) < 4.78 is 0. The summed E-state index contributed by atoms with van der Waals surface area (Å²) in [5.41, 5.74) is 1.45. The van der Waals surface area contributed by atoms with Crippen molar-refractivity contribution < 1.29 is 0 Å². The van der Waals surface area contributed by atoms with Crippen LogP contribution in [0.2, 0.25) is 0 Å². The van der Waals surface area contributed by atoms with Crippen molar-refractivity contribution in [2.45, 2.75) is 52.5 Å². The highest BCUT2D eigenvalue weighted by Crippen LogP contribution is 2.15. The number of rotatable bonds is 8. The molecule has 96 valence electrons. The number of hydrogen-bond donors (Lipinski definition) is 1. The van der Waals surface area contributed by atoms with Gasteiger partial charge in [-0.15, -0.1) is 0 Å². The Morgan fingerprint density at radius 3 is 2.35 bits per heavy atom. The zero-order valence-electron chi connectivity index (χ0n) is 11.6. The third-order valence-corrected chi connectivity index (χ3v) is 3.39. The third kappa shape index (κ3) is 5.36. The van der Waals surface area contributed by atoms with Crippen LogP contribution in [-0.4, -0.2) is 12.6 Å². The van der Waals surface area contributed by atoms with E-state index >= 15 is 0 Å². The van der Waals surface area contributed by atoms with Gasteiger partial charge in [-0.3, -0.25) is 0 Å². The Balaban J connectivity index is 2.56. The van der Waals surface area contributed by atoms with E-state index in [0.29, 0.717) is 6.04 Å². The van der Waals surface area contributed by atoms with Gasteiger partial charge in [0.15, 0.2) is 0 Å². The molecular weight excluding hydrogens is 206 g/mol. The maximum absolute atomic E-state index is 3.70. The van der Waals surface area contributed by atoms with Crippen LogP contribution in [0.4, 0.5) is 0 Å². The summed E-state index contributed by atoms with van der Waals surface area (Å²) in [5, 5.41) is 3.70. The molecule has 0 bridgehead atoms. The normalized spacial score (nSPS) is 14.5. The maximum Gasteiger partial charge on any atom is 0.0133 e. The van der Waals surface area contributed by atoms with Crippen LogP contribution in [0.1, 0.15) is 45.6 Å². The highest BCUT2D eigenvalue weighted by atomic mass is 14.9. The summed E-state index contributed by atoms with van der Waals surface area (Å²) in [6.45, 7) is 8.01. The molecule has 1 heteroatoms. The van der Waals surface area contributed by atoms with Crippen LogP contribution in [0.25, 0.3) is 0 Å². The average molecular weight is 233 g/mol. The van der Waals surface area contributed by atoms with Gasteiger partial charge in [-0.25, -0.2) is 0 Å². The molecule has 17 heavy (non-hydrogen) atoms. The van der Waals surface area contributed by atoms with Crippen LogP contribution in [0.5, 0.6) is 0 Å². The Morgan fingerprint density at radius 2 is 1.76 bits per heavy atom. The maximum atomic E-state index is 3.70. The first-order valence-corrected chi connectivity index (χ1v) is 7.05. The van der Waals surface area contributed by atoms with Gasteiger partial charge in [-0.1, -0.05) is 57.5 Å². The quantitative estimate of drug-likeness (QED) is 0.714. The van der Waals surface area contributed by atoms with Gasteiger partial charge in [0.05, 0.1) is 0 Å². The summed E-state index contributed by atoms with van der Waals surface area (Å²) in [6, 6.07) is 11.5. The molecule has 1 N–H and O–H groups in total. The summed E-state index contributed by atoms with van der Waals surface area (Å²) in [5.74, 6) is 0.756. The minimum absolute atomic E-state index is 0.622. The van der Waals surface area contributed by atoms with Crippen LogP contribution in [0.15, 0.2) is 30.3 Å². The molecule has 0 aliphatic carbocycles. The topological polar surface area (TPSA) is 12.0 Å². The predicted octanol–water partition coefficient (Wildman–Crippen LogP) is 4.03. The van der Waals surface area contributed by atoms with Crippen molar-refractivity contribution in [3.8, 4) is 0 Å². The van der Waals surface area contributed by atoms with Crippen molar-refractivity contribution in [2.24, 2.45) is 5.92 Å². The van der Waals surface area contributed by atoms with Crippen molar-refractivity contribution in [2.75, 3.05) is 6.54 Å². The second kappa shape index (κ2) is 8.30. The van der Waals surface area contributed by atoms with Crippen LogP contribution >= 0.6 is 0 Å². The van der Waals surface area contributed by atoms with Crippen LogP contribution < -0.4 is 5.32 Å². The molecule has 0 aromatic heterocycles. The Morgan fingerprint density at radius 1 is 1.06 bits per heavy atom. The zero-order valence-corrected chi connectivity index (χ0v) is 11.6. The Labute approximate surface area is 107 Å². The molecule has 2 unspecified atom stereocenters. The lowest BCUT2D eigenvalue weighted by Gasteiger charge is -2.25. The van der Waals surface area contributed by atoms with E-state index in [0.717, 1.165) is 18.9 Å². The lowest BCUT2D eigenvalue weighted by Crippen LogP contribution is -2.37. The van der Waals surface area contributed by atoms with Crippen molar-refractivity contribution in [3.05, 3.63) is 35.9 Å². The van der Waals surface area contributed by atoms with E-state index < -0.39 is 0 Å². The Bertz CT molecular complexity index is 281. The second-order valence-electron chi connectivity index (χ2n) is 5.02. The summed E-state index contributed by atoms with van der Waals surface area (Å²) in [4.78, 5) is 0. The molecule has 2 atom stereocenters. The second-order valence-corrected chi connectivity index (χ2v) is 5.02.